The normalized spacial score (nSPS) is 10.9. The van der Waals surface area contributed by atoms with E-state index >= 15 is 0 Å². The summed E-state index contributed by atoms with van der Waals surface area (Å²) in [4.78, 5) is 0. The molecule has 0 atom stereocenters. The van der Waals surface area contributed by atoms with E-state index < -0.39 is 0 Å². The summed E-state index contributed by atoms with van der Waals surface area (Å²) in [6.07, 6.45) is 8.88. The van der Waals surface area contributed by atoms with Crippen LogP contribution in [-0.2, 0) is 6.42 Å². The van der Waals surface area contributed by atoms with Gasteiger partial charge in [0.25, 0.3) is 0 Å². The predicted octanol–water partition coefficient (Wildman–Crippen LogP) is 4.68. The number of unbranched alkanes of at least 4 members (excludes halogenated alkanes) is 5. The lowest BCUT2D eigenvalue weighted by Crippen LogP contribution is -1.92. The number of benzene rings is 1. The Bertz CT molecular complexity index is 516. The fourth-order valence-electron chi connectivity index (χ4n) is 2.55. The second-order valence-electron chi connectivity index (χ2n) is 5.45. The molecule has 0 unspecified atom stereocenters. The molecule has 0 spiro atoms. The second-order valence-corrected chi connectivity index (χ2v) is 5.45. The lowest BCUT2D eigenvalue weighted by molar-refractivity contribution is 0.604. The summed E-state index contributed by atoms with van der Waals surface area (Å²) in [5, 5.41) is 11.5. The van der Waals surface area contributed by atoms with Crippen LogP contribution in [0, 0.1) is 6.92 Å². The molecule has 1 heterocycles. The summed E-state index contributed by atoms with van der Waals surface area (Å²) in [7, 11) is 0. The van der Waals surface area contributed by atoms with Crippen LogP contribution in [0.2, 0.25) is 0 Å². The molecule has 0 bridgehead atoms. The largest absolute Gasteiger partial charge is 0.197 e. The molecule has 0 fully saturated rings. The summed E-state index contributed by atoms with van der Waals surface area (Å²) in [6, 6.07) is 8.37. The summed E-state index contributed by atoms with van der Waals surface area (Å²) < 4.78 is 0. The minimum atomic E-state index is 1.02. The fourth-order valence-corrected chi connectivity index (χ4v) is 2.55. The number of H-pyrrole nitrogens is 1. The highest BCUT2D eigenvalue weighted by atomic mass is 15.3. The van der Waals surface area contributed by atoms with E-state index in [-0.39, 0.29) is 0 Å². The number of aromatic nitrogens is 3. The van der Waals surface area contributed by atoms with Crippen molar-refractivity contribution in [2.24, 2.45) is 0 Å². The summed E-state index contributed by atoms with van der Waals surface area (Å²) in [5.41, 5.74) is 4.58. The standard InChI is InChI=1S/C17H25N3/c1-3-4-5-6-7-8-13-16-17(19-20-18-16)15-12-10-9-11-14(15)2/h9-12H,3-8,13H2,1-2H3,(H,18,19,20). The Labute approximate surface area is 121 Å². The van der Waals surface area contributed by atoms with E-state index in [1.807, 2.05) is 0 Å². The Hall–Kier alpha value is -1.64. The van der Waals surface area contributed by atoms with Crippen LogP contribution in [0.1, 0.15) is 56.7 Å². The van der Waals surface area contributed by atoms with Crippen molar-refractivity contribution < 1.29 is 0 Å². The van der Waals surface area contributed by atoms with E-state index in [4.69, 9.17) is 0 Å². The lowest BCUT2D eigenvalue weighted by atomic mass is 10.0. The van der Waals surface area contributed by atoms with Gasteiger partial charge in [-0.2, -0.15) is 15.4 Å². The molecule has 108 valence electrons. The van der Waals surface area contributed by atoms with E-state index in [2.05, 4.69) is 53.5 Å². The molecule has 2 rings (SSSR count). The second kappa shape index (κ2) is 7.83. The topological polar surface area (TPSA) is 41.6 Å². The average molecular weight is 271 g/mol. The molecule has 3 heteroatoms. The number of aryl methyl sites for hydroxylation is 2. The molecule has 1 N–H and O–H groups in total. The van der Waals surface area contributed by atoms with Gasteiger partial charge in [-0.3, -0.25) is 0 Å². The maximum atomic E-state index is 4.34. The highest BCUT2D eigenvalue weighted by molar-refractivity contribution is 5.64. The number of aromatic amines is 1. The maximum Gasteiger partial charge on any atom is 0.116 e. The van der Waals surface area contributed by atoms with Gasteiger partial charge in [0, 0.05) is 5.56 Å². The number of nitrogens with one attached hydrogen (secondary N) is 1. The molecule has 0 amide bonds. The molecule has 0 aliphatic carbocycles. The van der Waals surface area contributed by atoms with Crippen LogP contribution in [0.3, 0.4) is 0 Å². The van der Waals surface area contributed by atoms with Gasteiger partial charge in [-0.25, -0.2) is 0 Å². The molecule has 0 aliphatic rings. The molecule has 2 aromatic rings. The highest BCUT2D eigenvalue weighted by Crippen LogP contribution is 2.24. The Morgan fingerprint density at radius 3 is 2.50 bits per heavy atom. The number of rotatable bonds is 8. The Morgan fingerprint density at radius 1 is 0.950 bits per heavy atom. The first-order chi connectivity index (χ1) is 9.83. The minimum absolute atomic E-state index is 1.02. The summed E-state index contributed by atoms with van der Waals surface area (Å²) in [6.45, 7) is 4.38. The SMILES string of the molecule is CCCCCCCCc1n[nH]nc1-c1ccccc1C. The molecule has 0 radical (unpaired) electrons. The van der Waals surface area contributed by atoms with E-state index in [9.17, 15) is 0 Å². The van der Waals surface area contributed by atoms with E-state index in [1.54, 1.807) is 0 Å². The van der Waals surface area contributed by atoms with Crippen LogP contribution in [0.4, 0.5) is 0 Å². The molecule has 1 aromatic heterocycles. The van der Waals surface area contributed by atoms with Gasteiger partial charge in [-0.15, -0.1) is 0 Å². The molecule has 1 aromatic carbocycles. The molecule has 20 heavy (non-hydrogen) atoms. The van der Waals surface area contributed by atoms with E-state index in [0.717, 1.165) is 17.8 Å². The summed E-state index contributed by atoms with van der Waals surface area (Å²) >= 11 is 0. The highest BCUT2D eigenvalue weighted by Gasteiger charge is 2.11. The number of hydrogen-bond donors (Lipinski definition) is 1. The molecule has 3 nitrogen and oxygen atoms in total. The van der Waals surface area contributed by atoms with Crippen molar-refractivity contribution in [3.8, 4) is 11.3 Å². The van der Waals surface area contributed by atoms with Gasteiger partial charge in [0.05, 0.1) is 5.69 Å². The van der Waals surface area contributed by atoms with Crippen molar-refractivity contribution >= 4 is 0 Å². The molecule has 0 saturated heterocycles. The third-order valence-corrected chi connectivity index (χ3v) is 3.79. The van der Waals surface area contributed by atoms with Crippen molar-refractivity contribution in [1.82, 2.24) is 15.4 Å². The van der Waals surface area contributed by atoms with Crippen molar-refractivity contribution in [3.63, 3.8) is 0 Å². The zero-order valence-electron chi connectivity index (χ0n) is 12.7. The predicted molar refractivity (Wildman–Crippen MR) is 83.6 cm³/mol. The van der Waals surface area contributed by atoms with Gasteiger partial charge in [0.15, 0.2) is 0 Å². The van der Waals surface area contributed by atoms with Crippen LogP contribution in [0.5, 0.6) is 0 Å². The van der Waals surface area contributed by atoms with Gasteiger partial charge in [0.2, 0.25) is 0 Å². The van der Waals surface area contributed by atoms with Crippen LogP contribution >= 0.6 is 0 Å². The van der Waals surface area contributed by atoms with Crippen molar-refractivity contribution in [2.45, 2.75) is 58.8 Å². The third-order valence-electron chi connectivity index (χ3n) is 3.79. The van der Waals surface area contributed by atoms with Gasteiger partial charge < -0.3 is 0 Å². The molecule has 0 aliphatic heterocycles. The minimum Gasteiger partial charge on any atom is -0.197 e. The zero-order valence-corrected chi connectivity index (χ0v) is 12.7. The number of nitrogens with zero attached hydrogens (tertiary/aromatic N) is 2. The quantitative estimate of drug-likeness (QED) is 0.708. The first-order valence-electron chi connectivity index (χ1n) is 7.78. The summed E-state index contributed by atoms with van der Waals surface area (Å²) in [5.74, 6) is 0. The number of hydrogen-bond acceptors (Lipinski definition) is 2. The Kier molecular flexibility index (Phi) is 5.78. The Morgan fingerprint density at radius 2 is 1.70 bits per heavy atom. The first kappa shape index (κ1) is 14.8. The van der Waals surface area contributed by atoms with Crippen LogP contribution in [0.25, 0.3) is 11.3 Å². The van der Waals surface area contributed by atoms with Crippen LogP contribution < -0.4 is 0 Å². The van der Waals surface area contributed by atoms with Crippen molar-refractivity contribution in [1.29, 1.82) is 0 Å². The van der Waals surface area contributed by atoms with E-state index in [0.29, 0.717) is 0 Å². The van der Waals surface area contributed by atoms with Crippen LogP contribution in [0.15, 0.2) is 24.3 Å². The fraction of sp³-hybridized carbons (Fsp3) is 0.529. The molecular formula is C17H25N3. The van der Waals surface area contributed by atoms with Crippen molar-refractivity contribution in [2.75, 3.05) is 0 Å². The van der Waals surface area contributed by atoms with Crippen LogP contribution in [-0.4, -0.2) is 15.4 Å². The van der Waals surface area contributed by atoms with E-state index in [1.165, 1.54) is 49.7 Å². The third kappa shape index (κ3) is 3.92. The average Bonchev–Trinajstić information content (AvgIpc) is 2.91. The zero-order chi connectivity index (χ0) is 14.2. The lowest BCUT2D eigenvalue weighted by Gasteiger charge is -2.04. The monoisotopic (exact) mass is 271 g/mol. The first-order valence-corrected chi connectivity index (χ1v) is 7.78. The van der Waals surface area contributed by atoms with Gasteiger partial charge >= 0.3 is 0 Å². The van der Waals surface area contributed by atoms with Gasteiger partial charge in [-0.1, -0.05) is 63.3 Å². The van der Waals surface area contributed by atoms with Gasteiger partial charge in [0.1, 0.15) is 5.69 Å². The molecular weight excluding hydrogens is 246 g/mol. The molecule has 0 saturated carbocycles. The van der Waals surface area contributed by atoms with Crippen molar-refractivity contribution in [3.05, 3.63) is 35.5 Å². The Balaban J connectivity index is 1.91. The van der Waals surface area contributed by atoms with Gasteiger partial charge in [-0.05, 0) is 25.3 Å². The maximum absolute atomic E-state index is 4.34. The smallest absolute Gasteiger partial charge is 0.116 e.